The molecule has 1 unspecified atom stereocenters. The molecular formula is C17H19BrN4O2. The van der Waals surface area contributed by atoms with E-state index in [9.17, 15) is 4.79 Å². The highest BCUT2D eigenvalue weighted by Gasteiger charge is 2.16. The van der Waals surface area contributed by atoms with E-state index < -0.39 is 0 Å². The summed E-state index contributed by atoms with van der Waals surface area (Å²) < 4.78 is 6.40. The highest BCUT2D eigenvalue weighted by atomic mass is 79.9. The van der Waals surface area contributed by atoms with Crippen LogP contribution in [0.1, 0.15) is 28.9 Å². The molecule has 1 amide bonds. The second-order valence-electron chi connectivity index (χ2n) is 5.74. The highest BCUT2D eigenvalue weighted by Crippen LogP contribution is 2.24. The molecule has 1 fully saturated rings. The molecule has 1 aliphatic rings. The first-order chi connectivity index (χ1) is 11.6. The summed E-state index contributed by atoms with van der Waals surface area (Å²) in [7, 11) is 0. The van der Waals surface area contributed by atoms with E-state index in [1.54, 1.807) is 6.07 Å². The van der Waals surface area contributed by atoms with Gasteiger partial charge in [0, 0.05) is 23.7 Å². The van der Waals surface area contributed by atoms with Crippen molar-refractivity contribution in [2.45, 2.75) is 25.9 Å². The molecule has 1 saturated heterocycles. The van der Waals surface area contributed by atoms with E-state index in [4.69, 9.17) is 4.74 Å². The maximum absolute atomic E-state index is 12.4. The molecule has 0 saturated carbocycles. The van der Waals surface area contributed by atoms with Gasteiger partial charge in [0.15, 0.2) is 0 Å². The SMILES string of the molecule is Cc1ccc(NC(=O)c2cc(NCC3CCCO3)ncn2)c(Br)c1. The Morgan fingerprint density at radius 3 is 3.00 bits per heavy atom. The Balaban J connectivity index is 1.65. The predicted octanol–water partition coefficient (Wildman–Crippen LogP) is 3.39. The number of halogens is 1. The van der Waals surface area contributed by atoms with Crippen LogP contribution in [0.5, 0.6) is 0 Å². The van der Waals surface area contributed by atoms with Crippen molar-refractivity contribution in [2.24, 2.45) is 0 Å². The fourth-order valence-electron chi connectivity index (χ4n) is 2.51. The Hall–Kier alpha value is -1.99. The Kier molecular flexibility index (Phi) is 5.42. The number of aryl methyl sites for hydroxylation is 1. The Bertz CT molecular complexity index is 732. The van der Waals surface area contributed by atoms with Crippen molar-refractivity contribution in [3.63, 3.8) is 0 Å². The highest BCUT2D eigenvalue weighted by molar-refractivity contribution is 9.10. The van der Waals surface area contributed by atoms with Crippen LogP contribution in [0.25, 0.3) is 0 Å². The van der Waals surface area contributed by atoms with Crippen molar-refractivity contribution in [2.75, 3.05) is 23.8 Å². The number of anilines is 2. The lowest BCUT2D eigenvalue weighted by Gasteiger charge is -2.12. The first-order valence-corrected chi connectivity index (χ1v) is 8.66. The Morgan fingerprint density at radius 2 is 2.25 bits per heavy atom. The van der Waals surface area contributed by atoms with Gasteiger partial charge in [-0.2, -0.15) is 0 Å². The Labute approximate surface area is 149 Å². The number of hydrogen-bond acceptors (Lipinski definition) is 5. The molecule has 1 aromatic heterocycles. The molecule has 0 radical (unpaired) electrons. The zero-order valence-electron chi connectivity index (χ0n) is 13.4. The average molecular weight is 391 g/mol. The van der Waals surface area contributed by atoms with Gasteiger partial charge in [-0.1, -0.05) is 6.07 Å². The number of nitrogens with one attached hydrogen (secondary N) is 2. The lowest BCUT2D eigenvalue weighted by molar-refractivity contribution is 0.102. The van der Waals surface area contributed by atoms with Crippen molar-refractivity contribution >= 4 is 33.3 Å². The molecule has 0 bridgehead atoms. The van der Waals surface area contributed by atoms with E-state index in [0.717, 1.165) is 29.5 Å². The maximum atomic E-state index is 12.4. The third kappa shape index (κ3) is 4.30. The first-order valence-electron chi connectivity index (χ1n) is 7.87. The van der Waals surface area contributed by atoms with Crippen LogP contribution in [0.4, 0.5) is 11.5 Å². The number of ether oxygens (including phenoxy) is 1. The minimum atomic E-state index is -0.276. The molecule has 7 heteroatoms. The van der Waals surface area contributed by atoms with E-state index in [2.05, 4.69) is 36.5 Å². The maximum Gasteiger partial charge on any atom is 0.274 e. The smallest absolute Gasteiger partial charge is 0.274 e. The van der Waals surface area contributed by atoms with Crippen molar-refractivity contribution in [3.8, 4) is 0 Å². The summed E-state index contributed by atoms with van der Waals surface area (Å²) in [6, 6.07) is 7.39. The van der Waals surface area contributed by atoms with Gasteiger partial charge >= 0.3 is 0 Å². The molecule has 0 aliphatic carbocycles. The van der Waals surface area contributed by atoms with Crippen LogP contribution >= 0.6 is 15.9 Å². The van der Waals surface area contributed by atoms with Gasteiger partial charge in [-0.05, 0) is 53.4 Å². The minimum absolute atomic E-state index is 0.209. The van der Waals surface area contributed by atoms with Gasteiger partial charge in [-0.3, -0.25) is 4.79 Å². The Morgan fingerprint density at radius 1 is 1.38 bits per heavy atom. The number of nitrogens with zero attached hydrogens (tertiary/aromatic N) is 2. The third-order valence-electron chi connectivity index (χ3n) is 3.81. The van der Waals surface area contributed by atoms with E-state index in [1.807, 2.05) is 25.1 Å². The fraction of sp³-hybridized carbons (Fsp3) is 0.353. The van der Waals surface area contributed by atoms with Crippen LogP contribution in [-0.4, -0.2) is 35.1 Å². The second kappa shape index (κ2) is 7.72. The molecular weight excluding hydrogens is 372 g/mol. The third-order valence-corrected chi connectivity index (χ3v) is 4.46. The second-order valence-corrected chi connectivity index (χ2v) is 6.60. The molecule has 126 valence electrons. The zero-order chi connectivity index (χ0) is 16.9. The number of amides is 1. The molecule has 1 aliphatic heterocycles. The van der Waals surface area contributed by atoms with Crippen molar-refractivity contribution in [3.05, 3.63) is 46.3 Å². The van der Waals surface area contributed by atoms with Gasteiger partial charge in [0.1, 0.15) is 17.8 Å². The minimum Gasteiger partial charge on any atom is -0.376 e. The molecule has 2 aromatic rings. The number of hydrogen-bond donors (Lipinski definition) is 2. The lowest BCUT2D eigenvalue weighted by atomic mass is 10.2. The van der Waals surface area contributed by atoms with E-state index in [-0.39, 0.29) is 12.0 Å². The average Bonchev–Trinajstić information content (AvgIpc) is 3.09. The first kappa shape index (κ1) is 16.9. The zero-order valence-corrected chi connectivity index (χ0v) is 15.0. The van der Waals surface area contributed by atoms with Crippen LogP contribution in [0.15, 0.2) is 35.1 Å². The van der Waals surface area contributed by atoms with Crippen LogP contribution in [-0.2, 0) is 4.74 Å². The van der Waals surface area contributed by atoms with Gasteiger partial charge in [-0.25, -0.2) is 9.97 Å². The standard InChI is InChI=1S/C17H19BrN4O2/c1-11-4-5-14(13(18)7-11)22-17(23)15-8-16(21-10-20-15)19-9-12-3-2-6-24-12/h4-5,7-8,10,12H,2-3,6,9H2,1H3,(H,22,23)(H,19,20,21). The number of rotatable bonds is 5. The van der Waals surface area contributed by atoms with Gasteiger partial charge < -0.3 is 15.4 Å². The molecule has 2 heterocycles. The lowest BCUT2D eigenvalue weighted by Crippen LogP contribution is -2.20. The van der Waals surface area contributed by atoms with Crippen molar-refractivity contribution < 1.29 is 9.53 Å². The molecule has 2 N–H and O–H groups in total. The summed E-state index contributed by atoms with van der Waals surface area (Å²) >= 11 is 3.45. The van der Waals surface area contributed by atoms with E-state index in [0.29, 0.717) is 23.7 Å². The number of aromatic nitrogens is 2. The summed E-state index contributed by atoms with van der Waals surface area (Å²) in [6.45, 7) is 3.49. The topological polar surface area (TPSA) is 76.1 Å². The van der Waals surface area contributed by atoms with Crippen molar-refractivity contribution in [1.82, 2.24) is 9.97 Å². The van der Waals surface area contributed by atoms with Gasteiger partial charge in [-0.15, -0.1) is 0 Å². The number of carbonyl (C=O) groups excluding carboxylic acids is 1. The molecule has 3 rings (SSSR count). The summed E-state index contributed by atoms with van der Waals surface area (Å²) in [6.07, 6.45) is 3.74. The summed E-state index contributed by atoms with van der Waals surface area (Å²) in [5.41, 5.74) is 2.13. The number of benzene rings is 1. The van der Waals surface area contributed by atoms with E-state index in [1.165, 1.54) is 6.33 Å². The van der Waals surface area contributed by atoms with Gasteiger partial charge in [0.2, 0.25) is 0 Å². The predicted molar refractivity (Wildman–Crippen MR) is 96.3 cm³/mol. The van der Waals surface area contributed by atoms with Crippen LogP contribution in [0.3, 0.4) is 0 Å². The molecule has 0 spiro atoms. The van der Waals surface area contributed by atoms with Crippen LogP contribution in [0, 0.1) is 6.92 Å². The molecule has 6 nitrogen and oxygen atoms in total. The normalized spacial score (nSPS) is 16.8. The fourth-order valence-corrected chi connectivity index (χ4v) is 3.10. The van der Waals surface area contributed by atoms with Gasteiger partial charge in [0.05, 0.1) is 11.8 Å². The molecule has 1 aromatic carbocycles. The summed E-state index contributed by atoms with van der Waals surface area (Å²) in [5.74, 6) is 0.343. The largest absolute Gasteiger partial charge is 0.376 e. The molecule has 24 heavy (non-hydrogen) atoms. The summed E-state index contributed by atoms with van der Waals surface area (Å²) in [4.78, 5) is 20.6. The molecule has 1 atom stereocenters. The van der Waals surface area contributed by atoms with Crippen LogP contribution in [0.2, 0.25) is 0 Å². The monoisotopic (exact) mass is 390 g/mol. The quantitative estimate of drug-likeness (QED) is 0.817. The van der Waals surface area contributed by atoms with Gasteiger partial charge in [0.25, 0.3) is 5.91 Å². The number of carbonyl (C=O) groups is 1. The van der Waals surface area contributed by atoms with Crippen molar-refractivity contribution in [1.29, 1.82) is 0 Å². The van der Waals surface area contributed by atoms with Crippen LogP contribution < -0.4 is 10.6 Å². The van der Waals surface area contributed by atoms with E-state index >= 15 is 0 Å². The summed E-state index contributed by atoms with van der Waals surface area (Å²) in [5, 5.41) is 6.05.